The number of fused-ring (bicyclic) bond motifs is 4. The molecule has 5 rings (SSSR count). The summed E-state index contributed by atoms with van der Waals surface area (Å²) in [5.41, 5.74) is 3.58. The number of amides is 3. The fraction of sp³-hybridized carbons (Fsp3) is 0.308. The molecule has 0 spiro atoms. The van der Waals surface area contributed by atoms with Crippen LogP contribution in [0, 0.1) is 0 Å². The van der Waals surface area contributed by atoms with E-state index in [1.807, 2.05) is 24.3 Å². The molecule has 3 aromatic rings. The molecule has 0 radical (unpaired) electrons. The molecule has 2 aromatic carbocycles. The third kappa shape index (κ3) is 4.62. The number of benzene rings is 2. The topological polar surface area (TPSA) is 107 Å². The molecule has 2 aliphatic rings. The average molecular weight is 474 g/mol. The van der Waals surface area contributed by atoms with E-state index in [1.165, 1.54) is 0 Å². The number of hydrazone groups is 1. The van der Waals surface area contributed by atoms with Gasteiger partial charge in [0.05, 0.1) is 13.2 Å². The number of aromatic nitrogens is 1. The zero-order valence-electron chi connectivity index (χ0n) is 19.5. The summed E-state index contributed by atoms with van der Waals surface area (Å²) in [6, 6.07) is 14.3. The molecule has 3 amide bonds. The van der Waals surface area contributed by atoms with Gasteiger partial charge in [0.2, 0.25) is 5.91 Å². The number of carbonyl (C=O) groups excluding carboxylic acids is 3. The van der Waals surface area contributed by atoms with Crippen molar-refractivity contribution >= 4 is 40.5 Å². The highest BCUT2D eigenvalue weighted by molar-refractivity contribution is 6.31. The second kappa shape index (κ2) is 9.61. The van der Waals surface area contributed by atoms with Gasteiger partial charge in [0.15, 0.2) is 0 Å². The predicted molar refractivity (Wildman–Crippen MR) is 132 cm³/mol. The molecule has 9 heteroatoms. The normalized spacial score (nSPS) is 17.6. The Morgan fingerprint density at radius 1 is 1.17 bits per heavy atom. The molecule has 2 aliphatic heterocycles. The van der Waals surface area contributed by atoms with Gasteiger partial charge < -0.3 is 19.9 Å². The lowest BCUT2D eigenvalue weighted by atomic mass is 9.94. The number of nitrogens with one attached hydrogen (secondary N) is 2. The van der Waals surface area contributed by atoms with Gasteiger partial charge >= 0.3 is 0 Å². The number of piperazine rings is 1. The van der Waals surface area contributed by atoms with E-state index < -0.39 is 11.9 Å². The summed E-state index contributed by atoms with van der Waals surface area (Å²) in [5.74, 6) is -0.249. The minimum atomic E-state index is -0.636. The van der Waals surface area contributed by atoms with Crippen LogP contribution in [-0.4, -0.2) is 58.0 Å². The van der Waals surface area contributed by atoms with Gasteiger partial charge in [-0.05, 0) is 42.3 Å². The minimum Gasteiger partial charge on any atom is -0.494 e. The van der Waals surface area contributed by atoms with E-state index in [-0.39, 0.29) is 18.4 Å². The fourth-order valence-electron chi connectivity index (χ4n) is 4.52. The Balaban J connectivity index is 1.23. The van der Waals surface area contributed by atoms with Crippen molar-refractivity contribution in [3.05, 3.63) is 59.8 Å². The number of anilines is 1. The number of nitrogens with zero attached hydrogens (tertiary/aromatic N) is 3. The van der Waals surface area contributed by atoms with Crippen LogP contribution >= 0.6 is 0 Å². The van der Waals surface area contributed by atoms with E-state index in [4.69, 9.17) is 4.74 Å². The number of unbranched alkanes of at least 4 members (excludes halogenated alkanes) is 1. The molecule has 180 valence electrons. The molecule has 1 atom stereocenters. The Morgan fingerprint density at radius 2 is 1.97 bits per heavy atom. The predicted octanol–water partition coefficient (Wildman–Crippen LogP) is 3.07. The SMILES string of the molecule is CCCCOc1ccc(NC(=O)C=NN2CC(=O)N3Cc4[nH]c5ccccc5c4C[C@@H]3C2=O)cc1. The summed E-state index contributed by atoms with van der Waals surface area (Å²) in [5, 5.41) is 8.90. The standard InChI is InChI=1S/C26H27N5O4/c1-2-3-12-35-18-10-8-17(9-11-18)28-24(32)14-27-31-16-25(33)30-15-22-20(13-23(30)26(31)34)19-6-4-5-7-21(19)29-22/h4-11,14,23,29H,2-3,12-13,15-16H2,1H3,(H,28,32)/t23-/m1/s1. The molecule has 1 aromatic heterocycles. The zero-order valence-corrected chi connectivity index (χ0v) is 19.5. The molecule has 0 unspecified atom stereocenters. The number of aromatic amines is 1. The number of carbonyl (C=O) groups is 3. The third-order valence-electron chi connectivity index (χ3n) is 6.35. The summed E-state index contributed by atoms with van der Waals surface area (Å²) < 4.78 is 5.62. The van der Waals surface area contributed by atoms with Crippen molar-refractivity contribution < 1.29 is 19.1 Å². The van der Waals surface area contributed by atoms with Crippen LogP contribution in [0.5, 0.6) is 5.75 Å². The molecule has 1 saturated heterocycles. The van der Waals surface area contributed by atoms with Crippen molar-refractivity contribution in [2.75, 3.05) is 18.5 Å². The van der Waals surface area contributed by atoms with Crippen LogP contribution in [0.1, 0.15) is 31.0 Å². The van der Waals surface area contributed by atoms with E-state index in [9.17, 15) is 14.4 Å². The number of rotatable bonds is 7. The van der Waals surface area contributed by atoms with Crippen LogP contribution in [0.3, 0.4) is 0 Å². The molecule has 35 heavy (non-hydrogen) atoms. The molecule has 9 nitrogen and oxygen atoms in total. The van der Waals surface area contributed by atoms with E-state index >= 15 is 0 Å². The summed E-state index contributed by atoms with van der Waals surface area (Å²) in [6.07, 6.45) is 3.48. The van der Waals surface area contributed by atoms with Crippen LogP contribution in [0.15, 0.2) is 53.6 Å². The van der Waals surface area contributed by atoms with E-state index in [2.05, 4.69) is 22.3 Å². The summed E-state index contributed by atoms with van der Waals surface area (Å²) >= 11 is 0. The third-order valence-corrected chi connectivity index (χ3v) is 6.35. The molecule has 3 heterocycles. The Morgan fingerprint density at radius 3 is 2.77 bits per heavy atom. The van der Waals surface area contributed by atoms with Crippen LogP contribution in [-0.2, 0) is 27.3 Å². The van der Waals surface area contributed by atoms with Gasteiger partial charge in [-0.2, -0.15) is 5.10 Å². The molecule has 0 saturated carbocycles. The van der Waals surface area contributed by atoms with Gasteiger partial charge in [0.1, 0.15) is 24.6 Å². The number of ether oxygens (including phenoxy) is 1. The summed E-state index contributed by atoms with van der Waals surface area (Å²) in [7, 11) is 0. The van der Waals surface area contributed by atoms with Gasteiger partial charge in [-0.25, -0.2) is 5.01 Å². The first-order valence-electron chi connectivity index (χ1n) is 11.8. The van der Waals surface area contributed by atoms with E-state index in [1.54, 1.807) is 29.2 Å². The Bertz CT molecular complexity index is 1300. The van der Waals surface area contributed by atoms with Crippen molar-refractivity contribution in [1.82, 2.24) is 14.9 Å². The van der Waals surface area contributed by atoms with Gasteiger partial charge in [-0.15, -0.1) is 0 Å². The van der Waals surface area contributed by atoms with Crippen molar-refractivity contribution in [1.29, 1.82) is 0 Å². The maximum absolute atomic E-state index is 13.2. The van der Waals surface area contributed by atoms with Gasteiger partial charge in [-0.3, -0.25) is 14.4 Å². The maximum Gasteiger partial charge on any atom is 0.268 e. The smallest absolute Gasteiger partial charge is 0.268 e. The average Bonchev–Trinajstić information content (AvgIpc) is 3.23. The summed E-state index contributed by atoms with van der Waals surface area (Å²) in [6.45, 7) is 2.91. The largest absolute Gasteiger partial charge is 0.494 e. The molecule has 2 N–H and O–H groups in total. The molecule has 0 bridgehead atoms. The van der Waals surface area contributed by atoms with Crippen LogP contribution in [0.25, 0.3) is 10.9 Å². The molecular formula is C26H27N5O4. The quantitative estimate of drug-likeness (QED) is 0.406. The van der Waals surface area contributed by atoms with Crippen LogP contribution < -0.4 is 10.1 Å². The number of hydrogen-bond acceptors (Lipinski definition) is 5. The monoisotopic (exact) mass is 473 g/mol. The molecule has 1 fully saturated rings. The summed E-state index contributed by atoms with van der Waals surface area (Å²) in [4.78, 5) is 43.3. The zero-order chi connectivity index (χ0) is 24.4. The van der Waals surface area contributed by atoms with Crippen molar-refractivity contribution in [3.63, 3.8) is 0 Å². The Hall–Kier alpha value is -4.14. The minimum absolute atomic E-state index is 0.196. The van der Waals surface area contributed by atoms with Crippen molar-refractivity contribution in [2.24, 2.45) is 5.10 Å². The second-order valence-electron chi connectivity index (χ2n) is 8.73. The second-order valence-corrected chi connectivity index (χ2v) is 8.73. The van der Waals surface area contributed by atoms with Crippen LogP contribution in [0.2, 0.25) is 0 Å². The Kier molecular flexibility index (Phi) is 6.22. The molecular weight excluding hydrogens is 446 g/mol. The number of para-hydroxylation sites is 1. The lowest BCUT2D eigenvalue weighted by Gasteiger charge is -2.40. The highest BCUT2D eigenvalue weighted by atomic mass is 16.5. The lowest BCUT2D eigenvalue weighted by molar-refractivity contribution is -0.157. The van der Waals surface area contributed by atoms with Crippen molar-refractivity contribution in [3.8, 4) is 5.75 Å². The first kappa shape index (κ1) is 22.6. The molecule has 0 aliphatic carbocycles. The lowest BCUT2D eigenvalue weighted by Crippen LogP contribution is -2.60. The van der Waals surface area contributed by atoms with E-state index in [0.29, 0.717) is 25.3 Å². The first-order chi connectivity index (χ1) is 17.0. The van der Waals surface area contributed by atoms with Gasteiger partial charge in [-0.1, -0.05) is 31.5 Å². The fourth-order valence-corrected chi connectivity index (χ4v) is 4.52. The van der Waals surface area contributed by atoms with Crippen molar-refractivity contribution in [2.45, 2.75) is 38.8 Å². The van der Waals surface area contributed by atoms with E-state index in [0.717, 1.165) is 52.0 Å². The highest BCUT2D eigenvalue weighted by Crippen LogP contribution is 2.32. The Labute approximate surface area is 202 Å². The first-order valence-corrected chi connectivity index (χ1v) is 11.8. The maximum atomic E-state index is 13.2. The number of H-pyrrole nitrogens is 1. The number of hydrogen-bond donors (Lipinski definition) is 2. The van der Waals surface area contributed by atoms with Gasteiger partial charge in [0, 0.05) is 28.7 Å². The van der Waals surface area contributed by atoms with Crippen LogP contribution in [0.4, 0.5) is 5.69 Å². The highest BCUT2D eigenvalue weighted by Gasteiger charge is 2.43. The van der Waals surface area contributed by atoms with Gasteiger partial charge in [0.25, 0.3) is 11.8 Å².